The molecule has 28 heavy (non-hydrogen) atoms. The van der Waals surface area contributed by atoms with E-state index in [1.807, 2.05) is 13.8 Å². The minimum Gasteiger partial charge on any atom is -0.478 e. The Balaban J connectivity index is 2.59. The van der Waals surface area contributed by atoms with Gasteiger partial charge in [-0.05, 0) is 31.9 Å². The molecular weight excluding hydrogens is 381 g/mol. The molecule has 0 aliphatic rings. The highest BCUT2D eigenvalue weighted by Crippen LogP contribution is 2.38. The van der Waals surface area contributed by atoms with E-state index in [0.29, 0.717) is 17.6 Å². The van der Waals surface area contributed by atoms with Crippen molar-refractivity contribution < 1.29 is 26.7 Å². The summed E-state index contributed by atoms with van der Waals surface area (Å²) in [6, 6.07) is 2.32. The molecule has 1 heterocycles. The van der Waals surface area contributed by atoms with Crippen LogP contribution in [0.3, 0.4) is 0 Å². The number of aromatic nitrogens is 2. The minimum absolute atomic E-state index is 0.0518. The van der Waals surface area contributed by atoms with Crippen LogP contribution in [-0.4, -0.2) is 23.1 Å². The molecule has 0 radical (unpaired) electrons. The van der Waals surface area contributed by atoms with Crippen molar-refractivity contribution >= 4 is 5.82 Å². The van der Waals surface area contributed by atoms with Crippen molar-refractivity contribution in [2.45, 2.75) is 52.3 Å². The molecule has 9 heteroatoms. The normalized spacial score (nSPS) is 12.0. The first kappa shape index (κ1) is 21.8. The van der Waals surface area contributed by atoms with Crippen molar-refractivity contribution in [1.82, 2.24) is 9.97 Å². The summed E-state index contributed by atoms with van der Waals surface area (Å²) in [5.74, 6) is 0.454. The van der Waals surface area contributed by atoms with Gasteiger partial charge < -0.3 is 10.1 Å². The molecule has 154 valence electrons. The molecule has 0 bridgehead atoms. The monoisotopic (exact) mass is 403 g/mol. The number of rotatable bonds is 7. The van der Waals surface area contributed by atoms with E-state index in [4.69, 9.17) is 4.74 Å². The number of anilines is 1. The van der Waals surface area contributed by atoms with Gasteiger partial charge in [0.25, 0.3) is 12.3 Å². The standard InChI is InChI=1S/C19H22F5N3O/c1-5-12(6-2)26-17-18(28-4)27-15(10(3)25-17)13-8-7-11(19(22,23)24)9-14(13)16(20)21/h7-9,12,16H,5-6H2,1-4H3,(H,25,26). The molecular formula is C19H22F5N3O. The molecule has 0 saturated carbocycles. The van der Waals surface area contributed by atoms with E-state index in [2.05, 4.69) is 15.3 Å². The maximum atomic E-state index is 13.5. The molecule has 0 spiro atoms. The fraction of sp³-hybridized carbons (Fsp3) is 0.474. The molecule has 0 fully saturated rings. The molecule has 2 rings (SSSR count). The fourth-order valence-corrected chi connectivity index (χ4v) is 2.82. The first-order valence-corrected chi connectivity index (χ1v) is 8.81. The van der Waals surface area contributed by atoms with Crippen molar-refractivity contribution in [3.63, 3.8) is 0 Å². The predicted molar refractivity (Wildman–Crippen MR) is 96.7 cm³/mol. The van der Waals surface area contributed by atoms with Crippen LogP contribution < -0.4 is 10.1 Å². The molecule has 0 saturated heterocycles. The predicted octanol–water partition coefficient (Wildman–Crippen LogP) is 6.02. The van der Waals surface area contributed by atoms with Crippen LogP contribution in [0.1, 0.15) is 49.9 Å². The lowest BCUT2D eigenvalue weighted by Crippen LogP contribution is -2.19. The van der Waals surface area contributed by atoms with E-state index in [1.54, 1.807) is 6.92 Å². The van der Waals surface area contributed by atoms with Gasteiger partial charge in [0.05, 0.1) is 24.1 Å². The van der Waals surface area contributed by atoms with E-state index in [9.17, 15) is 22.0 Å². The molecule has 0 atom stereocenters. The zero-order valence-electron chi connectivity index (χ0n) is 16.0. The van der Waals surface area contributed by atoms with Gasteiger partial charge in [0, 0.05) is 17.2 Å². The average Bonchev–Trinajstić information content (AvgIpc) is 2.65. The molecule has 1 aromatic carbocycles. The Kier molecular flexibility index (Phi) is 6.79. The number of nitrogens with zero attached hydrogens (tertiary/aromatic N) is 2. The molecule has 2 aromatic rings. The van der Waals surface area contributed by atoms with Gasteiger partial charge in [0.15, 0.2) is 5.82 Å². The maximum absolute atomic E-state index is 13.5. The fourth-order valence-electron chi connectivity index (χ4n) is 2.82. The maximum Gasteiger partial charge on any atom is 0.416 e. The average molecular weight is 403 g/mol. The van der Waals surface area contributed by atoms with Crippen LogP contribution in [0.25, 0.3) is 11.3 Å². The van der Waals surface area contributed by atoms with Gasteiger partial charge in [-0.3, -0.25) is 0 Å². The summed E-state index contributed by atoms with van der Waals surface area (Å²) in [7, 11) is 1.36. The van der Waals surface area contributed by atoms with Gasteiger partial charge in [-0.15, -0.1) is 0 Å². The number of hydrogen-bond acceptors (Lipinski definition) is 4. The van der Waals surface area contributed by atoms with Gasteiger partial charge in [0.1, 0.15) is 0 Å². The van der Waals surface area contributed by atoms with Crippen molar-refractivity contribution in [2.24, 2.45) is 0 Å². The van der Waals surface area contributed by atoms with E-state index in [-0.39, 0.29) is 23.2 Å². The Bertz CT molecular complexity index is 820. The zero-order chi connectivity index (χ0) is 21.1. The number of ether oxygens (including phenoxy) is 1. The molecule has 0 amide bonds. The highest BCUT2D eigenvalue weighted by Gasteiger charge is 2.32. The lowest BCUT2D eigenvalue weighted by atomic mass is 10.00. The summed E-state index contributed by atoms with van der Waals surface area (Å²) in [5, 5.41) is 3.19. The minimum atomic E-state index is -4.72. The van der Waals surface area contributed by atoms with Crippen molar-refractivity contribution in [3.05, 3.63) is 35.0 Å². The molecule has 4 nitrogen and oxygen atoms in total. The van der Waals surface area contributed by atoms with Gasteiger partial charge in [-0.25, -0.2) is 18.7 Å². The highest BCUT2D eigenvalue weighted by atomic mass is 19.4. The molecule has 0 aliphatic heterocycles. The topological polar surface area (TPSA) is 47.0 Å². The van der Waals surface area contributed by atoms with Crippen LogP contribution in [0, 0.1) is 6.92 Å². The van der Waals surface area contributed by atoms with Gasteiger partial charge in [0.2, 0.25) is 0 Å². The summed E-state index contributed by atoms with van der Waals surface area (Å²) in [5.41, 5.74) is -1.65. The van der Waals surface area contributed by atoms with E-state index >= 15 is 0 Å². The summed E-state index contributed by atoms with van der Waals surface area (Å²) >= 11 is 0. The second-order valence-corrected chi connectivity index (χ2v) is 6.27. The van der Waals surface area contributed by atoms with Crippen LogP contribution in [0.5, 0.6) is 5.88 Å². The second kappa shape index (κ2) is 8.70. The van der Waals surface area contributed by atoms with Crippen LogP contribution in [-0.2, 0) is 6.18 Å². The quantitative estimate of drug-likeness (QED) is 0.575. The van der Waals surface area contributed by atoms with E-state index in [0.717, 1.165) is 25.0 Å². The van der Waals surface area contributed by atoms with Gasteiger partial charge in [-0.1, -0.05) is 19.9 Å². The van der Waals surface area contributed by atoms with Crippen LogP contribution in [0.4, 0.5) is 27.8 Å². The number of nitrogens with one attached hydrogen (secondary N) is 1. The first-order chi connectivity index (χ1) is 13.1. The molecule has 1 aromatic heterocycles. The third kappa shape index (κ3) is 4.69. The Morgan fingerprint density at radius 3 is 2.25 bits per heavy atom. The lowest BCUT2D eigenvalue weighted by molar-refractivity contribution is -0.137. The van der Waals surface area contributed by atoms with Crippen molar-refractivity contribution in [2.75, 3.05) is 12.4 Å². The van der Waals surface area contributed by atoms with Crippen molar-refractivity contribution in [3.8, 4) is 17.1 Å². The van der Waals surface area contributed by atoms with Crippen LogP contribution in [0.2, 0.25) is 0 Å². The zero-order valence-corrected chi connectivity index (χ0v) is 16.0. The summed E-state index contributed by atoms with van der Waals surface area (Å²) in [6.07, 6.45) is -6.16. The first-order valence-electron chi connectivity index (χ1n) is 8.81. The molecule has 0 unspecified atom stereocenters. The smallest absolute Gasteiger partial charge is 0.416 e. The van der Waals surface area contributed by atoms with Crippen molar-refractivity contribution in [1.29, 1.82) is 0 Å². The lowest BCUT2D eigenvalue weighted by Gasteiger charge is -2.19. The SMILES string of the molecule is CCC(CC)Nc1nc(C)c(-c2ccc(C(F)(F)F)cc2C(F)F)nc1OC. The summed E-state index contributed by atoms with van der Waals surface area (Å²) < 4.78 is 70.9. The van der Waals surface area contributed by atoms with E-state index < -0.39 is 23.7 Å². The van der Waals surface area contributed by atoms with E-state index in [1.165, 1.54) is 7.11 Å². The van der Waals surface area contributed by atoms with Crippen LogP contribution >= 0.6 is 0 Å². The third-order valence-electron chi connectivity index (χ3n) is 4.43. The number of alkyl halides is 5. The number of halogens is 5. The number of methoxy groups -OCH3 is 1. The largest absolute Gasteiger partial charge is 0.478 e. The highest BCUT2D eigenvalue weighted by molar-refractivity contribution is 5.69. The van der Waals surface area contributed by atoms with Crippen LogP contribution in [0.15, 0.2) is 18.2 Å². The number of hydrogen-bond donors (Lipinski definition) is 1. The number of aryl methyl sites for hydroxylation is 1. The molecule has 1 N–H and O–H groups in total. The Hall–Kier alpha value is -2.45. The van der Waals surface area contributed by atoms with Gasteiger partial charge in [-0.2, -0.15) is 13.2 Å². The molecule has 0 aliphatic carbocycles. The third-order valence-corrected chi connectivity index (χ3v) is 4.43. The Morgan fingerprint density at radius 1 is 1.11 bits per heavy atom. The Morgan fingerprint density at radius 2 is 1.75 bits per heavy atom. The van der Waals surface area contributed by atoms with Gasteiger partial charge >= 0.3 is 6.18 Å². The summed E-state index contributed by atoms with van der Waals surface area (Å²) in [6.45, 7) is 5.56. The Labute approximate surface area is 160 Å². The second-order valence-electron chi connectivity index (χ2n) is 6.27. The summed E-state index contributed by atoms with van der Waals surface area (Å²) in [4.78, 5) is 8.62. The number of benzene rings is 1.